The summed E-state index contributed by atoms with van der Waals surface area (Å²) in [6.07, 6.45) is -4.29. The maximum atomic E-state index is 12.8. The van der Waals surface area contributed by atoms with Crippen LogP contribution >= 0.6 is 0 Å². The number of nitrogens with zero attached hydrogens (tertiary/aromatic N) is 1. The van der Waals surface area contributed by atoms with Gasteiger partial charge in [0.25, 0.3) is 5.91 Å². The lowest BCUT2D eigenvalue weighted by Gasteiger charge is -2.11. The van der Waals surface area contributed by atoms with Gasteiger partial charge in [0, 0.05) is 12.4 Å². The van der Waals surface area contributed by atoms with E-state index in [9.17, 15) is 22.8 Å². The van der Waals surface area contributed by atoms with Crippen molar-refractivity contribution in [3.05, 3.63) is 59.9 Å². The van der Waals surface area contributed by atoms with Crippen molar-refractivity contribution in [2.75, 3.05) is 0 Å². The van der Waals surface area contributed by atoms with Crippen LogP contribution in [0.1, 0.15) is 15.9 Å². The van der Waals surface area contributed by atoms with Gasteiger partial charge in [0.1, 0.15) is 5.75 Å². The Morgan fingerprint density at radius 1 is 1.09 bits per heavy atom. The van der Waals surface area contributed by atoms with Crippen LogP contribution < -0.4 is 10.1 Å². The van der Waals surface area contributed by atoms with E-state index >= 15 is 0 Å². The molecule has 0 saturated heterocycles. The maximum Gasteiger partial charge on any atom is 0.419 e. The molecule has 0 aliphatic carbocycles. The summed E-state index contributed by atoms with van der Waals surface area (Å²) in [5, 5.41) is 1.72. The lowest BCUT2D eigenvalue weighted by molar-refractivity contribution is -0.138. The zero-order valence-electron chi connectivity index (χ0n) is 10.9. The van der Waals surface area contributed by atoms with Crippen molar-refractivity contribution in [1.29, 1.82) is 0 Å². The summed E-state index contributed by atoms with van der Waals surface area (Å²) in [4.78, 5) is 26.7. The molecule has 0 aliphatic heterocycles. The lowest BCUT2D eigenvalue weighted by Crippen LogP contribution is -2.34. The second-order valence-electron chi connectivity index (χ2n) is 4.08. The minimum atomic E-state index is -4.74. The highest BCUT2D eigenvalue weighted by molar-refractivity contribution is 6.04. The van der Waals surface area contributed by atoms with Crippen LogP contribution in [0.3, 0.4) is 0 Å². The number of hydrogen-bond acceptors (Lipinski definition) is 4. The third-order valence-corrected chi connectivity index (χ3v) is 2.54. The highest BCUT2D eigenvalue weighted by Crippen LogP contribution is 2.31. The number of para-hydroxylation sites is 1. The van der Waals surface area contributed by atoms with Gasteiger partial charge in [0.05, 0.1) is 11.1 Å². The van der Waals surface area contributed by atoms with Crippen molar-refractivity contribution in [1.82, 2.24) is 10.3 Å². The third-order valence-electron chi connectivity index (χ3n) is 2.54. The standard InChI is InChI=1S/C14H9F3N2O3/c15-14(16,17)11-6-7-18-8-10(11)12(20)19-13(21)22-9-4-2-1-3-5-9/h1-8H,(H,19,20,21). The predicted octanol–water partition coefficient (Wildman–Crippen LogP) is 3.03. The first-order valence-electron chi connectivity index (χ1n) is 5.97. The summed E-state index contributed by atoms with van der Waals surface area (Å²) in [6, 6.07) is 8.42. The number of benzene rings is 1. The summed E-state index contributed by atoms with van der Waals surface area (Å²) in [5.74, 6) is -1.10. The van der Waals surface area contributed by atoms with E-state index in [0.717, 1.165) is 12.4 Å². The Morgan fingerprint density at radius 2 is 1.77 bits per heavy atom. The molecule has 0 aliphatic rings. The first-order valence-corrected chi connectivity index (χ1v) is 5.97. The third kappa shape index (κ3) is 3.81. The summed E-state index contributed by atoms with van der Waals surface area (Å²) in [5.41, 5.74) is -1.95. The Hall–Kier alpha value is -2.90. The number of alkyl halides is 3. The zero-order chi connectivity index (χ0) is 16.2. The number of pyridine rings is 1. The molecule has 1 N–H and O–H groups in total. The first-order chi connectivity index (χ1) is 10.4. The number of halogens is 3. The van der Waals surface area contributed by atoms with E-state index in [1.165, 1.54) is 12.1 Å². The molecule has 1 aromatic carbocycles. The molecular weight excluding hydrogens is 301 g/mol. The van der Waals surface area contributed by atoms with Crippen molar-refractivity contribution in [3.8, 4) is 5.75 Å². The Morgan fingerprint density at radius 3 is 2.41 bits per heavy atom. The normalized spacial score (nSPS) is 10.9. The average molecular weight is 310 g/mol. The smallest absolute Gasteiger partial charge is 0.410 e. The van der Waals surface area contributed by atoms with Crippen molar-refractivity contribution in [2.45, 2.75) is 6.18 Å². The molecule has 22 heavy (non-hydrogen) atoms. The van der Waals surface area contributed by atoms with Crippen LogP contribution in [0.5, 0.6) is 5.75 Å². The number of carbonyl (C=O) groups excluding carboxylic acids is 2. The number of imide groups is 1. The summed E-state index contributed by atoms with van der Waals surface area (Å²) < 4.78 is 43.1. The molecule has 0 bridgehead atoms. The average Bonchev–Trinajstić information content (AvgIpc) is 2.47. The van der Waals surface area contributed by atoms with E-state index in [2.05, 4.69) is 4.98 Å². The summed E-state index contributed by atoms with van der Waals surface area (Å²) in [6.45, 7) is 0. The van der Waals surface area contributed by atoms with Gasteiger partial charge in [-0.05, 0) is 18.2 Å². The van der Waals surface area contributed by atoms with Crippen LogP contribution in [0.15, 0.2) is 48.8 Å². The predicted molar refractivity (Wildman–Crippen MR) is 69.2 cm³/mol. The Bertz CT molecular complexity index is 687. The van der Waals surface area contributed by atoms with Crippen LogP contribution in [-0.4, -0.2) is 17.0 Å². The van der Waals surface area contributed by atoms with Crippen molar-refractivity contribution in [3.63, 3.8) is 0 Å². The topological polar surface area (TPSA) is 68.3 Å². The lowest BCUT2D eigenvalue weighted by atomic mass is 10.1. The molecule has 2 amide bonds. The van der Waals surface area contributed by atoms with Crippen molar-refractivity contribution < 1.29 is 27.5 Å². The molecule has 1 aromatic heterocycles. The molecule has 1 heterocycles. The van der Waals surface area contributed by atoms with E-state index in [-0.39, 0.29) is 5.75 Å². The molecule has 0 saturated carbocycles. The van der Waals surface area contributed by atoms with Crippen molar-refractivity contribution >= 4 is 12.0 Å². The van der Waals surface area contributed by atoms with E-state index in [1.54, 1.807) is 23.5 Å². The highest BCUT2D eigenvalue weighted by atomic mass is 19.4. The summed E-state index contributed by atoms with van der Waals surface area (Å²) in [7, 11) is 0. The second kappa shape index (κ2) is 6.25. The van der Waals surface area contributed by atoms with Gasteiger partial charge in [-0.1, -0.05) is 18.2 Å². The van der Waals surface area contributed by atoms with Crippen molar-refractivity contribution in [2.24, 2.45) is 0 Å². The Labute approximate surface area is 122 Å². The Kier molecular flexibility index (Phi) is 4.40. The first kappa shape index (κ1) is 15.5. The molecule has 0 unspecified atom stereocenters. The fraction of sp³-hybridized carbons (Fsp3) is 0.0714. The molecule has 0 radical (unpaired) electrons. The van der Waals surface area contributed by atoms with Crippen LogP contribution in [0.2, 0.25) is 0 Å². The number of amides is 2. The zero-order valence-corrected chi connectivity index (χ0v) is 10.9. The SMILES string of the molecule is O=C(NC(=O)c1cnccc1C(F)(F)F)Oc1ccccc1. The van der Waals surface area contributed by atoms with Gasteiger partial charge in [-0.2, -0.15) is 13.2 Å². The maximum absolute atomic E-state index is 12.8. The number of nitrogens with one attached hydrogen (secondary N) is 1. The fourth-order valence-corrected chi connectivity index (χ4v) is 1.60. The van der Waals surface area contributed by atoms with Gasteiger partial charge in [-0.3, -0.25) is 15.1 Å². The molecule has 8 heteroatoms. The largest absolute Gasteiger partial charge is 0.419 e. The molecule has 0 atom stereocenters. The van der Waals surface area contributed by atoms with E-state index in [0.29, 0.717) is 6.07 Å². The number of carbonyl (C=O) groups is 2. The molecule has 114 valence electrons. The van der Waals surface area contributed by atoms with Crippen LogP contribution in [0, 0.1) is 0 Å². The number of ether oxygens (including phenoxy) is 1. The molecule has 5 nitrogen and oxygen atoms in total. The molecule has 0 fully saturated rings. The van der Waals surface area contributed by atoms with Gasteiger partial charge in [-0.15, -0.1) is 0 Å². The van der Waals surface area contributed by atoms with E-state index in [4.69, 9.17) is 4.74 Å². The van der Waals surface area contributed by atoms with Gasteiger partial charge in [0.15, 0.2) is 0 Å². The number of aromatic nitrogens is 1. The molecule has 2 rings (SSSR count). The van der Waals surface area contributed by atoms with Crippen LogP contribution in [0.4, 0.5) is 18.0 Å². The fourth-order valence-electron chi connectivity index (χ4n) is 1.60. The van der Waals surface area contributed by atoms with Crippen LogP contribution in [-0.2, 0) is 6.18 Å². The van der Waals surface area contributed by atoms with Crippen LogP contribution in [0.25, 0.3) is 0 Å². The van der Waals surface area contributed by atoms with Gasteiger partial charge in [-0.25, -0.2) is 4.79 Å². The van der Waals surface area contributed by atoms with E-state index < -0.39 is 29.3 Å². The van der Waals surface area contributed by atoms with Gasteiger partial charge >= 0.3 is 12.3 Å². The second-order valence-corrected chi connectivity index (χ2v) is 4.08. The highest BCUT2D eigenvalue weighted by Gasteiger charge is 2.35. The minimum absolute atomic E-state index is 0.148. The quantitative estimate of drug-likeness (QED) is 0.925. The Balaban J connectivity index is 2.11. The molecule has 0 spiro atoms. The van der Waals surface area contributed by atoms with Gasteiger partial charge < -0.3 is 4.74 Å². The number of rotatable bonds is 2. The molecular formula is C14H9F3N2O3. The monoisotopic (exact) mass is 310 g/mol. The van der Waals surface area contributed by atoms with Gasteiger partial charge in [0.2, 0.25) is 0 Å². The minimum Gasteiger partial charge on any atom is -0.410 e. The number of hydrogen-bond donors (Lipinski definition) is 1. The van der Waals surface area contributed by atoms with E-state index in [1.807, 2.05) is 0 Å². The summed E-state index contributed by atoms with van der Waals surface area (Å²) >= 11 is 0. The molecule has 2 aromatic rings.